The molecular formula is C10H12N4S. The maximum atomic E-state index is 5.26. The maximum Gasteiger partial charge on any atom is 0.187 e. The summed E-state index contributed by atoms with van der Waals surface area (Å²) in [6.07, 6.45) is 4.81. The molecule has 0 bridgehead atoms. The molecule has 0 aromatic carbocycles. The van der Waals surface area contributed by atoms with Crippen molar-refractivity contribution >= 4 is 23.4 Å². The number of nitrogens with one attached hydrogen (secondary N) is 1. The van der Waals surface area contributed by atoms with Gasteiger partial charge >= 0.3 is 0 Å². The summed E-state index contributed by atoms with van der Waals surface area (Å²) in [4.78, 5) is 6.18. The average Bonchev–Trinajstić information content (AvgIpc) is 2.25. The second-order valence-electron chi connectivity index (χ2n) is 3.24. The standard InChI is InChI=1S/C10H12N4S/c11-13-10(15)14-6-4-9(14)7-8-3-1-2-5-12-8/h1-3,5,7H,4,6,11H2,(H,13,15). The van der Waals surface area contributed by atoms with Gasteiger partial charge in [0.25, 0.3) is 0 Å². The van der Waals surface area contributed by atoms with E-state index in [2.05, 4.69) is 10.4 Å². The quantitative estimate of drug-likeness (QED) is 0.418. The molecule has 1 fully saturated rings. The number of hydrazine groups is 1. The minimum atomic E-state index is 0.559. The van der Waals surface area contributed by atoms with E-state index in [0.29, 0.717) is 5.11 Å². The van der Waals surface area contributed by atoms with E-state index >= 15 is 0 Å². The summed E-state index contributed by atoms with van der Waals surface area (Å²) in [6, 6.07) is 5.82. The Morgan fingerprint density at radius 1 is 1.60 bits per heavy atom. The number of thiocarbonyl (C=S) groups is 1. The van der Waals surface area contributed by atoms with Crippen LogP contribution < -0.4 is 11.3 Å². The van der Waals surface area contributed by atoms with Crippen molar-refractivity contribution < 1.29 is 0 Å². The highest BCUT2D eigenvalue weighted by Gasteiger charge is 2.22. The molecule has 78 valence electrons. The van der Waals surface area contributed by atoms with Crippen LogP contribution in [-0.2, 0) is 0 Å². The summed E-state index contributed by atoms with van der Waals surface area (Å²) in [7, 11) is 0. The van der Waals surface area contributed by atoms with E-state index in [1.54, 1.807) is 6.20 Å². The highest BCUT2D eigenvalue weighted by molar-refractivity contribution is 7.80. The van der Waals surface area contributed by atoms with Crippen molar-refractivity contribution in [2.45, 2.75) is 6.42 Å². The summed E-state index contributed by atoms with van der Waals surface area (Å²) in [5.41, 5.74) is 4.57. The van der Waals surface area contributed by atoms with E-state index in [0.717, 1.165) is 24.4 Å². The number of rotatable bonds is 1. The fourth-order valence-electron chi connectivity index (χ4n) is 1.44. The SMILES string of the molecule is NNC(=S)N1CCC1=Cc1ccccn1. The van der Waals surface area contributed by atoms with E-state index in [1.165, 1.54) is 0 Å². The average molecular weight is 220 g/mol. The first-order valence-corrected chi connectivity index (χ1v) is 5.12. The van der Waals surface area contributed by atoms with Crippen LogP contribution in [0, 0.1) is 0 Å². The van der Waals surface area contributed by atoms with Crippen LogP contribution in [0.15, 0.2) is 30.1 Å². The monoisotopic (exact) mass is 220 g/mol. The van der Waals surface area contributed by atoms with Crippen LogP contribution >= 0.6 is 12.2 Å². The molecule has 5 heteroatoms. The lowest BCUT2D eigenvalue weighted by atomic mass is 10.1. The van der Waals surface area contributed by atoms with Gasteiger partial charge in [-0.25, -0.2) is 5.84 Å². The van der Waals surface area contributed by atoms with Gasteiger partial charge in [-0.1, -0.05) is 6.07 Å². The molecule has 1 aliphatic rings. The zero-order chi connectivity index (χ0) is 10.7. The van der Waals surface area contributed by atoms with Crippen LogP contribution in [0.1, 0.15) is 12.1 Å². The highest BCUT2D eigenvalue weighted by Crippen LogP contribution is 2.23. The second kappa shape index (κ2) is 4.37. The molecular weight excluding hydrogens is 208 g/mol. The van der Waals surface area contributed by atoms with Crippen LogP contribution in [0.2, 0.25) is 0 Å². The number of nitrogens with two attached hydrogens (primary N) is 1. The van der Waals surface area contributed by atoms with Crippen molar-refractivity contribution in [2.24, 2.45) is 5.84 Å². The van der Waals surface area contributed by atoms with Crippen LogP contribution in [0.25, 0.3) is 6.08 Å². The van der Waals surface area contributed by atoms with Crippen molar-refractivity contribution in [3.8, 4) is 0 Å². The third-order valence-corrected chi connectivity index (χ3v) is 2.65. The largest absolute Gasteiger partial charge is 0.321 e. The predicted molar refractivity (Wildman–Crippen MR) is 63.5 cm³/mol. The van der Waals surface area contributed by atoms with Gasteiger partial charge in [-0.15, -0.1) is 0 Å². The summed E-state index contributed by atoms with van der Waals surface area (Å²) >= 11 is 5.05. The van der Waals surface area contributed by atoms with Gasteiger partial charge in [0.2, 0.25) is 0 Å². The number of likely N-dealkylation sites (tertiary alicyclic amines) is 1. The minimum absolute atomic E-state index is 0.559. The number of pyridine rings is 1. The van der Waals surface area contributed by atoms with E-state index in [1.807, 2.05) is 29.2 Å². The summed E-state index contributed by atoms with van der Waals surface area (Å²) in [6.45, 7) is 0.918. The lowest BCUT2D eigenvalue weighted by molar-refractivity contribution is 0.390. The Kier molecular flexibility index (Phi) is 2.94. The summed E-state index contributed by atoms with van der Waals surface area (Å²) in [5.74, 6) is 5.26. The predicted octanol–water partition coefficient (Wildman–Crippen LogP) is 0.876. The smallest absolute Gasteiger partial charge is 0.187 e. The molecule has 0 amide bonds. The molecule has 0 radical (unpaired) electrons. The van der Waals surface area contributed by atoms with Gasteiger partial charge in [-0.3, -0.25) is 4.98 Å². The molecule has 1 aliphatic heterocycles. The van der Waals surface area contributed by atoms with E-state index in [4.69, 9.17) is 18.1 Å². The first kappa shape index (κ1) is 10.1. The van der Waals surface area contributed by atoms with Crippen LogP contribution in [0.3, 0.4) is 0 Å². The highest BCUT2D eigenvalue weighted by atomic mass is 32.1. The molecule has 1 saturated heterocycles. The maximum absolute atomic E-state index is 5.26. The van der Waals surface area contributed by atoms with Crippen LogP contribution in [0.5, 0.6) is 0 Å². The minimum Gasteiger partial charge on any atom is -0.321 e. The topological polar surface area (TPSA) is 54.2 Å². The first-order valence-electron chi connectivity index (χ1n) is 4.71. The summed E-state index contributed by atoms with van der Waals surface area (Å²) < 4.78 is 0. The Balaban J connectivity index is 2.12. The van der Waals surface area contributed by atoms with Crippen molar-refractivity contribution in [1.82, 2.24) is 15.3 Å². The molecule has 15 heavy (non-hydrogen) atoms. The third kappa shape index (κ3) is 2.14. The van der Waals surface area contributed by atoms with Gasteiger partial charge in [-0.2, -0.15) is 0 Å². The Hall–Kier alpha value is -1.46. The molecule has 2 heterocycles. The molecule has 1 aromatic rings. The molecule has 0 spiro atoms. The van der Waals surface area contributed by atoms with Crippen molar-refractivity contribution in [3.63, 3.8) is 0 Å². The van der Waals surface area contributed by atoms with Gasteiger partial charge in [-0.05, 0) is 30.4 Å². The van der Waals surface area contributed by atoms with Gasteiger partial charge in [0, 0.05) is 24.9 Å². The lowest BCUT2D eigenvalue weighted by Crippen LogP contribution is -2.48. The fourth-order valence-corrected chi connectivity index (χ4v) is 1.65. The Morgan fingerprint density at radius 2 is 2.47 bits per heavy atom. The molecule has 0 unspecified atom stereocenters. The number of nitrogens with zero attached hydrogens (tertiary/aromatic N) is 2. The Morgan fingerprint density at radius 3 is 3.00 bits per heavy atom. The van der Waals surface area contributed by atoms with Gasteiger partial charge in [0.05, 0.1) is 5.69 Å². The van der Waals surface area contributed by atoms with Crippen molar-refractivity contribution in [3.05, 3.63) is 35.8 Å². The molecule has 2 rings (SSSR count). The third-order valence-electron chi connectivity index (χ3n) is 2.31. The number of hydrogen-bond donors (Lipinski definition) is 2. The Bertz CT molecular complexity index is 388. The van der Waals surface area contributed by atoms with E-state index < -0.39 is 0 Å². The molecule has 3 N–H and O–H groups in total. The molecule has 4 nitrogen and oxygen atoms in total. The van der Waals surface area contributed by atoms with Crippen LogP contribution in [0.4, 0.5) is 0 Å². The molecule has 1 aromatic heterocycles. The van der Waals surface area contributed by atoms with Gasteiger partial charge in [0.1, 0.15) is 0 Å². The van der Waals surface area contributed by atoms with Crippen molar-refractivity contribution in [2.75, 3.05) is 6.54 Å². The zero-order valence-electron chi connectivity index (χ0n) is 8.18. The van der Waals surface area contributed by atoms with Gasteiger partial charge < -0.3 is 10.3 Å². The molecule has 0 atom stereocenters. The Labute approximate surface area is 93.8 Å². The molecule has 0 saturated carbocycles. The van der Waals surface area contributed by atoms with E-state index in [-0.39, 0.29) is 0 Å². The van der Waals surface area contributed by atoms with Crippen molar-refractivity contribution in [1.29, 1.82) is 0 Å². The lowest BCUT2D eigenvalue weighted by Gasteiger charge is -2.35. The second-order valence-corrected chi connectivity index (χ2v) is 3.63. The van der Waals surface area contributed by atoms with Gasteiger partial charge in [0.15, 0.2) is 5.11 Å². The molecule has 0 aliphatic carbocycles. The first-order chi connectivity index (χ1) is 7.31. The number of aromatic nitrogens is 1. The normalized spacial score (nSPS) is 17.4. The number of hydrogen-bond acceptors (Lipinski definition) is 3. The zero-order valence-corrected chi connectivity index (χ0v) is 9.00. The van der Waals surface area contributed by atoms with E-state index in [9.17, 15) is 0 Å². The fraction of sp³-hybridized carbons (Fsp3) is 0.200. The van der Waals surface area contributed by atoms with Crippen LogP contribution in [-0.4, -0.2) is 21.5 Å². The summed E-state index contributed by atoms with van der Waals surface area (Å²) in [5, 5.41) is 0.559.